The highest BCUT2D eigenvalue weighted by Gasteiger charge is 2.61. The predicted octanol–water partition coefficient (Wildman–Crippen LogP) is 5.79. The summed E-state index contributed by atoms with van der Waals surface area (Å²) in [6.07, 6.45) is -0.398. The van der Waals surface area contributed by atoms with E-state index in [-0.39, 0.29) is 36.4 Å². The van der Waals surface area contributed by atoms with Gasteiger partial charge in [-0.3, -0.25) is 23.1 Å². The number of fused-ring (bicyclic) bond motifs is 2. The van der Waals surface area contributed by atoms with Crippen LogP contribution in [0.3, 0.4) is 0 Å². The van der Waals surface area contributed by atoms with Crippen molar-refractivity contribution in [2.75, 3.05) is 13.7 Å². The van der Waals surface area contributed by atoms with Crippen LogP contribution in [0, 0.1) is 5.92 Å². The molecule has 2 fully saturated rings. The summed E-state index contributed by atoms with van der Waals surface area (Å²) in [7, 11) is -2.80. The zero-order valence-corrected chi connectivity index (χ0v) is 38.2. The lowest BCUT2D eigenvalue weighted by atomic mass is 10.1. The highest BCUT2D eigenvalue weighted by molar-refractivity contribution is 7.90. The predicted molar refractivity (Wildman–Crippen MR) is 248 cm³/mol. The molecule has 2 aromatic heterocycles. The van der Waals surface area contributed by atoms with Gasteiger partial charge in [-0.1, -0.05) is 78.3 Å². The molecule has 4 aromatic carbocycles. The van der Waals surface area contributed by atoms with Crippen molar-refractivity contribution in [2.24, 2.45) is 5.92 Å². The number of hydrogen-bond donors (Lipinski definition) is 3. The zero-order chi connectivity index (χ0) is 47.0. The molecule has 0 unspecified atom stereocenters. The number of benzene rings is 4. The summed E-state index contributed by atoms with van der Waals surface area (Å²) in [5.74, 6) is -2.19. The molecule has 1 saturated carbocycles. The van der Waals surface area contributed by atoms with Crippen LogP contribution >= 0.6 is 11.5 Å². The number of methoxy groups -OCH3 is 1. The van der Waals surface area contributed by atoms with Crippen LogP contribution in [0.1, 0.15) is 33.6 Å². The number of pyridine rings is 1. The van der Waals surface area contributed by atoms with E-state index < -0.39 is 69.1 Å². The summed E-state index contributed by atoms with van der Waals surface area (Å²) >= 11 is 1.11. The Balaban J connectivity index is 1.16. The van der Waals surface area contributed by atoms with Gasteiger partial charge < -0.3 is 29.7 Å². The maximum Gasteiger partial charge on any atom is 0.408 e. The van der Waals surface area contributed by atoms with Crippen LogP contribution in [0.2, 0.25) is 0 Å². The summed E-state index contributed by atoms with van der Waals surface area (Å²) in [4.78, 5) is 76.9. The molecule has 18 heteroatoms. The number of carbonyl (C=O) groups is 4. The summed E-state index contributed by atoms with van der Waals surface area (Å²) in [5.41, 5.74) is -1.11. The van der Waals surface area contributed by atoms with Crippen LogP contribution in [0.25, 0.3) is 32.2 Å². The third-order valence-corrected chi connectivity index (χ3v) is 13.8. The number of nitrogens with one attached hydrogen (secondary N) is 3. The number of sulfonamides is 1. The number of rotatable bonds is 14. The summed E-state index contributed by atoms with van der Waals surface area (Å²) in [5, 5.41) is 6.48. The summed E-state index contributed by atoms with van der Waals surface area (Å²) in [6, 6.07) is 28.1. The molecule has 1 aliphatic carbocycles. The first-order valence-corrected chi connectivity index (χ1v) is 23.4. The first-order chi connectivity index (χ1) is 31.5. The molecule has 0 radical (unpaired) electrons. The van der Waals surface area contributed by atoms with E-state index in [1.165, 1.54) is 39.2 Å². The first-order valence-electron chi connectivity index (χ1n) is 21.1. The number of ether oxygens (including phenoxy) is 3. The van der Waals surface area contributed by atoms with Crippen LogP contribution in [-0.2, 0) is 35.7 Å². The van der Waals surface area contributed by atoms with Crippen molar-refractivity contribution in [1.29, 1.82) is 0 Å². The van der Waals surface area contributed by atoms with Crippen molar-refractivity contribution < 1.29 is 41.8 Å². The Kier molecular flexibility index (Phi) is 12.5. The first kappa shape index (κ1) is 45.5. The molecule has 6 aromatic rings. The Morgan fingerprint density at radius 1 is 0.955 bits per heavy atom. The second-order valence-electron chi connectivity index (χ2n) is 17.1. The molecule has 2 aliphatic rings. The van der Waals surface area contributed by atoms with Crippen molar-refractivity contribution in [2.45, 2.75) is 74.4 Å². The number of likely N-dealkylation sites (tertiary alicyclic amines) is 1. The smallest absolute Gasteiger partial charge is 0.408 e. The summed E-state index contributed by atoms with van der Waals surface area (Å²) < 4.78 is 48.6. The molecule has 3 heterocycles. The van der Waals surface area contributed by atoms with Crippen molar-refractivity contribution in [3.8, 4) is 22.8 Å². The second kappa shape index (κ2) is 18.1. The summed E-state index contributed by atoms with van der Waals surface area (Å²) in [6.45, 7) is 8.30. The Morgan fingerprint density at radius 3 is 2.32 bits per heavy atom. The molecule has 8 rings (SSSR count). The molecule has 1 aliphatic heterocycles. The Bertz CT molecular complexity index is 3030. The molecule has 5 atom stereocenters. The van der Waals surface area contributed by atoms with Crippen molar-refractivity contribution in [3.05, 3.63) is 132 Å². The lowest BCUT2D eigenvalue weighted by Gasteiger charge is -2.30. The van der Waals surface area contributed by atoms with E-state index in [1.54, 1.807) is 82.5 Å². The molecular formula is C48H48N6O10S2. The highest BCUT2D eigenvalue weighted by atomic mass is 32.2. The van der Waals surface area contributed by atoms with Gasteiger partial charge in [0, 0.05) is 35.4 Å². The minimum atomic E-state index is -4.34. The fourth-order valence-electron chi connectivity index (χ4n) is 8.06. The molecule has 66 heavy (non-hydrogen) atoms. The van der Waals surface area contributed by atoms with Gasteiger partial charge in [0.25, 0.3) is 21.5 Å². The minimum Gasteiger partial charge on any atom is -0.497 e. The van der Waals surface area contributed by atoms with E-state index in [0.29, 0.717) is 38.2 Å². The van der Waals surface area contributed by atoms with Crippen molar-refractivity contribution in [3.63, 3.8) is 0 Å². The monoisotopic (exact) mass is 932 g/mol. The lowest BCUT2D eigenvalue weighted by Crippen LogP contribution is -2.59. The maximum absolute atomic E-state index is 15.1. The number of carbonyl (C=O) groups excluding carboxylic acids is 4. The van der Waals surface area contributed by atoms with Crippen LogP contribution in [0.5, 0.6) is 11.5 Å². The van der Waals surface area contributed by atoms with E-state index in [1.807, 2.05) is 30.3 Å². The van der Waals surface area contributed by atoms with Gasteiger partial charge in [-0.15, -0.1) is 6.58 Å². The SMILES string of the molecule is C=C[C@@H]1C[C@]1(NC(=O)[C@@H]1C[C@@H](Oc2cc(-c3ccccc3)nc3cc(OC)ccc23)CN1C(=O)[C@H](Cn1sc2ccccc2c1=O)NC(=O)OC(C)(C)C)C(=O)NS(=O)(=O)c1ccccc1. The van der Waals surface area contributed by atoms with Crippen LogP contribution in [0.15, 0.2) is 132 Å². The molecule has 0 bridgehead atoms. The lowest BCUT2D eigenvalue weighted by molar-refractivity contribution is -0.141. The fraction of sp³-hybridized carbons (Fsp3) is 0.292. The number of amides is 4. The number of alkyl carbamates (subject to hydrolysis) is 1. The molecule has 3 N–H and O–H groups in total. The van der Waals surface area contributed by atoms with Gasteiger partial charge >= 0.3 is 6.09 Å². The van der Waals surface area contributed by atoms with Gasteiger partial charge in [0.15, 0.2) is 0 Å². The van der Waals surface area contributed by atoms with E-state index in [2.05, 4.69) is 21.9 Å². The Hall–Kier alpha value is -7.05. The average molecular weight is 933 g/mol. The quantitative estimate of drug-likeness (QED) is 0.112. The molecular weight excluding hydrogens is 885 g/mol. The number of hydrogen-bond acceptors (Lipinski definition) is 12. The largest absolute Gasteiger partial charge is 0.497 e. The Morgan fingerprint density at radius 2 is 1.65 bits per heavy atom. The molecule has 4 amide bonds. The van der Waals surface area contributed by atoms with Crippen molar-refractivity contribution >= 4 is 66.4 Å². The van der Waals surface area contributed by atoms with Gasteiger partial charge in [0.2, 0.25) is 11.8 Å². The van der Waals surface area contributed by atoms with Gasteiger partial charge in [-0.25, -0.2) is 22.9 Å². The molecule has 1 saturated heterocycles. The minimum absolute atomic E-state index is 0.0331. The zero-order valence-electron chi connectivity index (χ0n) is 36.6. The van der Waals surface area contributed by atoms with E-state index >= 15 is 4.79 Å². The maximum atomic E-state index is 15.1. The Labute approximate surface area is 384 Å². The third-order valence-electron chi connectivity index (χ3n) is 11.4. The topological polar surface area (TPSA) is 204 Å². The van der Waals surface area contributed by atoms with Crippen LogP contribution in [-0.4, -0.2) is 89.1 Å². The molecule has 342 valence electrons. The second-order valence-corrected chi connectivity index (χ2v) is 19.9. The molecule has 16 nitrogen and oxygen atoms in total. The van der Waals surface area contributed by atoms with Gasteiger partial charge in [-0.2, -0.15) is 0 Å². The van der Waals surface area contributed by atoms with E-state index in [4.69, 9.17) is 19.2 Å². The van der Waals surface area contributed by atoms with Gasteiger partial charge in [0.1, 0.15) is 40.8 Å². The average Bonchev–Trinajstić information content (AvgIpc) is 3.71. The third kappa shape index (κ3) is 9.51. The van der Waals surface area contributed by atoms with E-state index in [9.17, 15) is 27.6 Å². The number of aromatic nitrogens is 2. The van der Waals surface area contributed by atoms with Gasteiger partial charge in [0.05, 0.1) is 46.4 Å². The number of nitrogens with zero attached hydrogens (tertiary/aromatic N) is 3. The highest BCUT2D eigenvalue weighted by Crippen LogP contribution is 2.45. The normalized spacial score (nSPS) is 19.7. The van der Waals surface area contributed by atoms with Crippen LogP contribution < -0.4 is 30.4 Å². The molecule has 0 spiro atoms. The fourth-order valence-corrected chi connectivity index (χ4v) is 10.2. The van der Waals surface area contributed by atoms with Gasteiger partial charge in [-0.05, 0) is 63.6 Å². The van der Waals surface area contributed by atoms with E-state index in [0.717, 1.165) is 17.1 Å². The van der Waals surface area contributed by atoms with Crippen molar-refractivity contribution in [1.82, 2.24) is 29.2 Å². The standard InChI is InChI=1S/C48H48N6O10S2/c1-6-30-26-48(30,45(58)52-66(60,61)33-17-11-8-12-18-33)51-42(55)39-24-32(63-40-25-36(29-15-9-7-10-16-29)49-37-23-31(62-5)21-22-34(37)40)27-53(39)44(57)38(50-46(59)64-47(2,3)4)28-54-43(56)35-19-13-14-20-41(35)65-54/h6-23,25,30,32,38-39H,1,24,26-28H2,2-5H3,(H,50,59)(H,51,55)(H,52,58)/t30-,32-,38+,39+,48-/m1/s1. The van der Waals surface area contributed by atoms with Crippen LogP contribution in [0.4, 0.5) is 4.79 Å².